The van der Waals surface area contributed by atoms with Crippen LogP contribution in [0.5, 0.6) is 11.5 Å². The van der Waals surface area contributed by atoms with Crippen molar-refractivity contribution in [2.75, 3.05) is 14.2 Å². The molecule has 0 saturated heterocycles. The quantitative estimate of drug-likeness (QED) is 0.817. The molecule has 0 amide bonds. The molecule has 3 heteroatoms. The molecular formula is C15H22O3. The zero-order valence-corrected chi connectivity index (χ0v) is 11.8. The van der Waals surface area contributed by atoms with Gasteiger partial charge in [-0.05, 0) is 38.5 Å². The molecule has 0 spiro atoms. The van der Waals surface area contributed by atoms with E-state index in [0.717, 1.165) is 11.1 Å². The summed E-state index contributed by atoms with van der Waals surface area (Å²) in [6, 6.07) is 5.69. The first-order valence-electron chi connectivity index (χ1n) is 5.97. The van der Waals surface area contributed by atoms with Crippen molar-refractivity contribution in [2.24, 2.45) is 0 Å². The Bertz CT molecular complexity index is 429. The lowest BCUT2D eigenvalue weighted by atomic mass is 9.94. The van der Waals surface area contributed by atoms with Crippen molar-refractivity contribution in [3.05, 3.63) is 35.4 Å². The Morgan fingerprint density at radius 2 is 1.83 bits per heavy atom. The highest BCUT2D eigenvalue weighted by atomic mass is 16.5. The molecule has 0 fully saturated rings. The second-order valence-corrected chi connectivity index (χ2v) is 4.94. The van der Waals surface area contributed by atoms with Crippen LogP contribution < -0.4 is 9.47 Å². The van der Waals surface area contributed by atoms with Crippen molar-refractivity contribution in [3.63, 3.8) is 0 Å². The lowest BCUT2D eigenvalue weighted by molar-refractivity contribution is 0.111. The van der Waals surface area contributed by atoms with E-state index in [1.54, 1.807) is 21.1 Å². The van der Waals surface area contributed by atoms with E-state index < -0.39 is 5.60 Å². The molecule has 1 unspecified atom stereocenters. The second-order valence-electron chi connectivity index (χ2n) is 4.94. The minimum absolute atomic E-state index is 0.540. The first kappa shape index (κ1) is 14.6. The summed E-state index contributed by atoms with van der Waals surface area (Å²) in [5, 5.41) is 10.3. The number of allylic oxidation sites excluding steroid dienone is 1. The molecule has 0 aromatic heterocycles. The van der Waals surface area contributed by atoms with Gasteiger partial charge in [0.1, 0.15) is 0 Å². The molecule has 0 bridgehead atoms. The number of hydrogen-bond acceptors (Lipinski definition) is 3. The van der Waals surface area contributed by atoms with Crippen LogP contribution in [-0.2, 0) is 6.42 Å². The third kappa shape index (κ3) is 4.08. The normalized spacial score (nSPS) is 13.7. The summed E-state index contributed by atoms with van der Waals surface area (Å²) in [4.78, 5) is 0. The third-order valence-electron chi connectivity index (χ3n) is 2.61. The van der Waals surface area contributed by atoms with E-state index in [2.05, 4.69) is 0 Å². The van der Waals surface area contributed by atoms with Crippen LogP contribution in [0, 0.1) is 0 Å². The number of benzene rings is 1. The van der Waals surface area contributed by atoms with E-state index in [1.807, 2.05) is 38.1 Å². The van der Waals surface area contributed by atoms with Gasteiger partial charge < -0.3 is 14.6 Å². The highest BCUT2D eigenvalue weighted by Crippen LogP contribution is 2.29. The van der Waals surface area contributed by atoms with Gasteiger partial charge in [0.25, 0.3) is 0 Å². The molecule has 1 aromatic carbocycles. The van der Waals surface area contributed by atoms with E-state index in [0.29, 0.717) is 17.9 Å². The minimum Gasteiger partial charge on any atom is -0.493 e. The van der Waals surface area contributed by atoms with Crippen LogP contribution in [0.1, 0.15) is 26.3 Å². The van der Waals surface area contributed by atoms with E-state index in [-0.39, 0.29) is 0 Å². The molecule has 0 heterocycles. The van der Waals surface area contributed by atoms with Crippen LogP contribution in [0.2, 0.25) is 0 Å². The maximum absolute atomic E-state index is 10.3. The average Bonchev–Trinajstić information content (AvgIpc) is 2.26. The van der Waals surface area contributed by atoms with Crippen molar-refractivity contribution >= 4 is 0 Å². The van der Waals surface area contributed by atoms with Crippen molar-refractivity contribution in [3.8, 4) is 11.5 Å². The van der Waals surface area contributed by atoms with Gasteiger partial charge >= 0.3 is 0 Å². The van der Waals surface area contributed by atoms with Crippen molar-refractivity contribution in [1.82, 2.24) is 0 Å². The standard InChI is InChI=1S/C15H22O3/c1-11(2)9-15(3,16)10-12-6-7-13(17-4)14(8-12)18-5/h6-9,16H,10H2,1-5H3. The van der Waals surface area contributed by atoms with Crippen LogP contribution in [0.15, 0.2) is 29.8 Å². The molecule has 0 saturated carbocycles. The Morgan fingerprint density at radius 3 is 2.33 bits per heavy atom. The Labute approximate surface area is 109 Å². The molecule has 1 atom stereocenters. The van der Waals surface area contributed by atoms with Crippen LogP contribution in [-0.4, -0.2) is 24.9 Å². The van der Waals surface area contributed by atoms with Gasteiger partial charge in [0.05, 0.1) is 19.8 Å². The fourth-order valence-electron chi connectivity index (χ4n) is 2.08. The van der Waals surface area contributed by atoms with Gasteiger partial charge in [-0.1, -0.05) is 17.7 Å². The van der Waals surface area contributed by atoms with E-state index in [1.165, 1.54) is 0 Å². The molecule has 100 valence electrons. The minimum atomic E-state index is -0.849. The van der Waals surface area contributed by atoms with Gasteiger partial charge in [0.2, 0.25) is 0 Å². The van der Waals surface area contributed by atoms with Crippen LogP contribution in [0.4, 0.5) is 0 Å². The SMILES string of the molecule is COc1ccc(CC(C)(O)C=C(C)C)cc1OC. The Kier molecular flexibility index (Phi) is 4.79. The third-order valence-corrected chi connectivity index (χ3v) is 2.61. The lowest BCUT2D eigenvalue weighted by Crippen LogP contribution is -2.24. The largest absolute Gasteiger partial charge is 0.493 e. The topological polar surface area (TPSA) is 38.7 Å². The van der Waals surface area contributed by atoms with Gasteiger partial charge in [-0.2, -0.15) is 0 Å². The zero-order valence-electron chi connectivity index (χ0n) is 11.8. The van der Waals surface area contributed by atoms with Crippen molar-refractivity contribution in [1.29, 1.82) is 0 Å². The number of rotatable bonds is 5. The zero-order chi connectivity index (χ0) is 13.8. The molecule has 1 aromatic rings. The summed E-state index contributed by atoms with van der Waals surface area (Å²) >= 11 is 0. The molecule has 0 aliphatic carbocycles. The highest BCUT2D eigenvalue weighted by molar-refractivity contribution is 5.43. The molecule has 0 radical (unpaired) electrons. The molecule has 3 nitrogen and oxygen atoms in total. The number of methoxy groups -OCH3 is 2. The predicted octanol–water partition coefficient (Wildman–Crippen LogP) is 2.96. The van der Waals surface area contributed by atoms with E-state index >= 15 is 0 Å². The fourth-order valence-corrected chi connectivity index (χ4v) is 2.08. The molecule has 0 aliphatic heterocycles. The summed E-state index contributed by atoms with van der Waals surface area (Å²) in [5.41, 5.74) is 1.26. The second kappa shape index (κ2) is 5.91. The maximum atomic E-state index is 10.3. The average molecular weight is 250 g/mol. The number of ether oxygens (including phenoxy) is 2. The summed E-state index contributed by atoms with van der Waals surface area (Å²) in [7, 11) is 3.22. The maximum Gasteiger partial charge on any atom is 0.160 e. The smallest absolute Gasteiger partial charge is 0.160 e. The summed E-state index contributed by atoms with van der Waals surface area (Å²) in [6.45, 7) is 5.75. The van der Waals surface area contributed by atoms with Crippen molar-refractivity contribution < 1.29 is 14.6 Å². The molecule has 1 rings (SSSR count). The van der Waals surface area contributed by atoms with Crippen LogP contribution in [0.25, 0.3) is 0 Å². The van der Waals surface area contributed by atoms with E-state index in [4.69, 9.17) is 9.47 Å². The van der Waals surface area contributed by atoms with Crippen LogP contribution in [0.3, 0.4) is 0 Å². The van der Waals surface area contributed by atoms with Gasteiger partial charge in [-0.25, -0.2) is 0 Å². The number of hydrogen-bond donors (Lipinski definition) is 1. The molecular weight excluding hydrogens is 228 g/mol. The van der Waals surface area contributed by atoms with Crippen LogP contribution >= 0.6 is 0 Å². The van der Waals surface area contributed by atoms with Crippen molar-refractivity contribution in [2.45, 2.75) is 32.8 Å². The molecule has 1 N–H and O–H groups in total. The summed E-state index contributed by atoms with van der Waals surface area (Å²) in [5.74, 6) is 1.38. The Hall–Kier alpha value is -1.48. The highest BCUT2D eigenvalue weighted by Gasteiger charge is 2.18. The Balaban J connectivity index is 2.95. The molecule has 18 heavy (non-hydrogen) atoms. The summed E-state index contributed by atoms with van der Waals surface area (Å²) < 4.78 is 10.4. The first-order chi connectivity index (χ1) is 8.38. The molecule has 0 aliphatic rings. The van der Waals surface area contributed by atoms with Gasteiger partial charge in [-0.15, -0.1) is 0 Å². The Morgan fingerprint density at radius 1 is 1.22 bits per heavy atom. The van der Waals surface area contributed by atoms with Gasteiger partial charge in [-0.3, -0.25) is 0 Å². The lowest BCUT2D eigenvalue weighted by Gasteiger charge is -2.20. The van der Waals surface area contributed by atoms with Gasteiger partial charge in [0, 0.05) is 6.42 Å². The van der Waals surface area contributed by atoms with Gasteiger partial charge in [0.15, 0.2) is 11.5 Å². The monoisotopic (exact) mass is 250 g/mol. The first-order valence-corrected chi connectivity index (χ1v) is 5.97. The fraction of sp³-hybridized carbons (Fsp3) is 0.467. The number of aliphatic hydroxyl groups is 1. The van der Waals surface area contributed by atoms with E-state index in [9.17, 15) is 5.11 Å². The summed E-state index contributed by atoms with van der Waals surface area (Å²) in [6.07, 6.45) is 2.41. The predicted molar refractivity (Wildman–Crippen MR) is 73.3 cm³/mol.